The quantitative estimate of drug-likeness (QED) is 0.775. The van der Waals surface area contributed by atoms with Crippen LogP contribution in [0.2, 0.25) is 0 Å². The van der Waals surface area contributed by atoms with Gasteiger partial charge in [0, 0.05) is 12.6 Å². The molecule has 0 radical (unpaired) electrons. The lowest BCUT2D eigenvalue weighted by Crippen LogP contribution is -2.40. The summed E-state index contributed by atoms with van der Waals surface area (Å²) in [6.45, 7) is 4.65. The number of hydrogen-bond acceptors (Lipinski definition) is 3. The van der Waals surface area contributed by atoms with Crippen LogP contribution in [0, 0.1) is 0 Å². The van der Waals surface area contributed by atoms with E-state index in [-0.39, 0.29) is 24.4 Å². The minimum absolute atomic E-state index is 0.000676. The van der Waals surface area contributed by atoms with Gasteiger partial charge in [-0.2, -0.15) is 0 Å². The first-order chi connectivity index (χ1) is 9.58. The molecule has 1 aromatic rings. The van der Waals surface area contributed by atoms with Crippen molar-refractivity contribution in [2.24, 2.45) is 0 Å². The van der Waals surface area contributed by atoms with Crippen LogP contribution in [-0.4, -0.2) is 30.9 Å². The molecule has 0 fully saturated rings. The van der Waals surface area contributed by atoms with Crippen molar-refractivity contribution in [2.45, 2.75) is 32.7 Å². The number of benzene rings is 1. The highest BCUT2D eigenvalue weighted by Crippen LogP contribution is 2.25. The van der Waals surface area contributed by atoms with Crippen LogP contribution in [0.3, 0.4) is 0 Å². The summed E-state index contributed by atoms with van der Waals surface area (Å²) >= 11 is 0. The Morgan fingerprint density at radius 1 is 1.35 bits per heavy atom. The highest BCUT2D eigenvalue weighted by molar-refractivity contribution is 6.01. The Balaban J connectivity index is 2.01. The van der Waals surface area contributed by atoms with Crippen LogP contribution in [0.1, 0.15) is 36.2 Å². The molecule has 0 bridgehead atoms. The third kappa shape index (κ3) is 3.50. The molecule has 0 atom stereocenters. The fraction of sp³-hybridized carbons (Fsp3) is 0.467. The highest BCUT2D eigenvalue weighted by Gasteiger charge is 2.17. The first-order valence-corrected chi connectivity index (χ1v) is 7.01. The molecule has 2 rings (SSSR count). The lowest BCUT2D eigenvalue weighted by molar-refractivity contribution is -0.120. The number of para-hydroxylation sites is 1. The molecule has 0 saturated heterocycles. The van der Waals surface area contributed by atoms with Gasteiger partial charge in [-0.3, -0.25) is 9.59 Å². The normalized spacial score (nSPS) is 13.3. The maximum atomic E-state index is 12.2. The summed E-state index contributed by atoms with van der Waals surface area (Å²) in [5.41, 5.74) is 2.68. The Labute approximate surface area is 119 Å². The summed E-state index contributed by atoms with van der Waals surface area (Å²) < 4.78 is 0. The van der Waals surface area contributed by atoms with Crippen molar-refractivity contribution in [1.29, 1.82) is 0 Å². The van der Waals surface area contributed by atoms with Gasteiger partial charge < -0.3 is 16.0 Å². The van der Waals surface area contributed by atoms with E-state index in [1.165, 1.54) is 0 Å². The number of nitrogens with one attached hydrogen (secondary N) is 3. The Morgan fingerprint density at radius 2 is 2.15 bits per heavy atom. The first kappa shape index (κ1) is 14.4. The zero-order chi connectivity index (χ0) is 14.5. The summed E-state index contributed by atoms with van der Waals surface area (Å²) in [6, 6.07) is 5.77. The van der Waals surface area contributed by atoms with Gasteiger partial charge in [0.25, 0.3) is 5.91 Å². The predicted molar refractivity (Wildman–Crippen MR) is 78.9 cm³/mol. The summed E-state index contributed by atoms with van der Waals surface area (Å²) in [7, 11) is 0. The average Bonchev–Trinajstić information content (AvgIpc) is 2.43. The summed E-state index contributed by atoms with van der Waals surface area (Å²) in [5, 5.41) is 8.68. The van der Waals surface area contributed by atoms with E-state index in [4.69, 9.17) is 0 Å². The Kier molecular flexibility index (Phi) is 4.61. The van der Waals surface area contributed by atoms with Gasteiger partial charge in [-0.25, -0.2) is 0 Å². The summed E-state index contributed by atoms with van der Waals surface area (Å²) in [5.74, 6) is -0.388. The van der Waals surface area contributed by atoms with E-state index in [1.54, 1.807) is 6.07 Å². The summed E-state index contributed by atoms with van der Waals surface area (Å²) in [4.78, 5) is 23.7. The monoisotopic (exact) mass is 275 g/mol. The van der Waals surface area contributed by atoms with Gasteiger partial charge in [0.15, 0.2) is 0 Å². The number of rotatable bonds is 4. The second kappa shape index (κ2) is 6.41. The van der Waals surface area contributed by atoms with E-state index in [0.717, 1.165) is 30.6 Å². The average molecular weight is 275 g/mol. The smallest absolute Gasteiger partial charge is 0.253 e. The number of fused-ring (bicyclic) bond motifs is 1. The SMILES string of the molecule is CC(C)NC(=O)CNC(=O)c1cccc2c1NCCC2. The molecule has 5 nitrogen and oxygen atoms in total. The first-order valence-electron chi connectivity index (χ1n) is 7.01. The van der Waals surface area contributed by atoms with Gasteiger partial charge in [-0.05, 0) is 38.3 Å². The van der Waals surface area contributed by atoms with Crippen LogP contribution in [0.25, 0.3) is 0 Å². The van der Waals surface area contributed by atoms with E-state index in [9.17, 15) is 9.59 Å². The van der Waals surface area contributed by atoms with Gasteiger partial charge in [0.1, 0.15) is 0 Å². The second-order valence-corrected chi connectivity index (χ2v) is 5.27. The predicted octanol–water partition coefficient (Wildman–Crippen LogP) is 1.30. The molecule has 20 heavy (non-hydrogen) atoms. The van der Waals surface area contributed by atoms with Crippen molar-refractivity contribution >= 4 is 17.5 Å². The molecule has 3 N–H and O–H groups in total. The molecule has 1 heterocycles. The van der Waals surface area contributed by atoms with Crippen LogP contribution >= 0.6 is 0 Å². The van der Waals surface area contributed by atoms with Gasteiger partial charge in [-0.1, -0.05) is 12.1 Å². The standard InChI is InChI=1S/C15H21N3O2/c1-10(2)18-13(19)9-17-15(20)12-7-3-5-11-6-4-8-16-14(11)12/h3,5,7,10,16H,4,6,8-9H2,1-2H3,(H,17,20)(H,18,19). The van der Waals surface area contributed by atoms with Gasteiger partial charge in [0.05, 0.1) is 17.8 Å². The van der Waals surface area contributed by atoms with E-state index in [1.807, 2.05) is 26.0 Å². The lowest BCUT2D eigenvalue weighted by Gasteiger charge is -2.20. The Bertz CT molecular complexity index is 512. The van der Waals surface area contributed by atoms with Crippen molar-refractivity contribution in [3.63, 3.8) is 0 Å². The van der Waals surface area contributed by atoms with E-state index >= 15 is 0 Å². The zero-order valence-corrected chi connectivity index (χ0v) is 12.0. The second-order valence-electron chi connectivity index (χ2n) is 5.27. The van der Waals surface area contributed by atoms with Crippen LogP contribution in [0.4, 0.5) is 5.69 Å². The minimum Gasteiger partial charge on any atom is -0.384 e. The molecule has 0 spiro atoms. The number of aryl methyl sites for hydroxylation is 1. The number of hydrogen-bond donors (Lipinski definition) is 3. The van der Waals surface area contributed by atoms with Crippen LogP contribution in [0.15, 0.2) is 18.2 Å². The zero-order valence-electron chi connectivity index (χ0n) is 12.0. The number of carbonyl (C=O) groups excluding carboxylic acids is 2. The van der Waals surface area contributed by atoms with Crippen molar-refractivity contribution in [3.05, 3.63) is 29.3 Å². The van der Waals surface area contributed by atoms with Crippen molar-refractivity contribution < 1.29 is 9.59 Å². The van der Waals surface area contributed by atoms with Crippen LogP contribution in [-0.2, 0) is 11.2 Å². The van der Waals surface area contributed by atoms with Crippen molar-refractivity contribution in [3.8, 4) is 0 Å². The lowest BCUT2D eigenvalue weighted by atomic mass is 9.99. The molecule has 2 amide bonds. The molecule has 108 valence electrons. The van der Waals surface area contributed by atoms with Crippen molar-refractivity contribution in [1.82, 2.24) is 10.6 Å². The molecule has 0 aliphatic carbocycles. The molecule has 0 saturated carbocycles. The fourth-order valence-corrected chi connectivity index (χ4v) is 2.33. The maximum absolute atomic E-state index is 12.2. The molecule has 1 aliphatic rings. The molecular weight excluding hydrogens is 254 g/mol. The summed E-state index contributed by atoms with van der Waals surface area (Å²) in [6.07, 6.45) is 2.06. The van der Waals surface area contributed by atoms with Crippen LogP contribution < -0.4 is 16.0 Å². The Hall–Kier alpha value is -2.04. The minimum atomic E-state index is -0.213. The van der Waals surface area contributed by atoms with Gasteiger partial charge in [-0.15, -0.1) is 0 Å². The fourth-order valence-electron chi connectivity index (χ4n) is 2.33. The topological polar surface area (TPSA) is 70.2 Å². The Morgan fingerprint density at radius 3 is 2.90 bits per heavy atom. The van der Waals surface area contributed by atoms with Gasteiger partial charge in [0.2, 0.25) is 5.91 Å². The van der Waals surface area contributed by atoms with Gasteiger partial charge >= 0.3 is 0 Å². The third-order valence-corrected chi connectivity index (χ3v) is 3.18. The highest BCUT2D eigenvalue weighted by atomic mass is 16.2. The third-order valence-electron chi connectivity index (χ3n) is 3.18. The van der Waals surface area contributed by atoms with Crippen molar-refractivity contribution in [2.75, 3.05) is 18.4 Å². The largest absolute Gasteiger partial charge is 0.384 e. The molecule has 1 aromatic carbocycles. The molecule has 0 aromatic heterocycles. The van der Waals surface area contributed by atoms with E-state index in [2.05, 4.69) is 16.0 Å². The maximum Gasteiger partial charge on any atom is 0.253 e. The molecule has 1 aliphatic heterocycles. The number of amides is 2. The molecular formula is C15H21N3O2. The number of anilines is 1. The van der Waals surface area contributed by atoms with E-state index in [0.29, 0.717) is 5.56 Å². The van der Waals surface area contributed by atoms with Crippen LogP contribution in [0.5, 0.6) is 0 Å². The van der Waals surface area contributed by atoms with E-state index < -0.39 is 0 Å². The molecule has 0 unspecified atom stereocenters. The molecule has 5 heteroatoms. The number of carbonyl (C=O) groups is 2.